The highest BCUT2D eigenvalue weighted by Crippen LogP contribution is 2.32. The van der Waals surface area contributed by atoms with Crippen molar-refractivity contribution in [1.82, 2.24) is 9.88 Å². The Morgan fingerprint density at radius 2 is 1.71 bits per heavy atom. The lowest BCUT2D eigenvalue weighted by Gasteiger charge is -2.34. The molecule has 1 amide bonds. The molecule has 0 unspecified atom stereocenters. The predicted octanol–water partition coefficient (Wildman–Crippen LogP) is 5.04. The molecule has 28 heavy (non-hydrogen) atoms. The maximum Gasteiger partial charge on any atom is 0.416 e. The van der Waals surface area contributed by atoms with Crippen molar-refractivity contribution >= 4 is 48.5 Å². The molecule has 3 aromatic rings. The lowest BCUT2D eigenvalue weighted by molar-refractivity contribution is -0.137. The van der Waals surface area contributed by atoms with E-state index in [4.69, 9.17) is 0 Å². The lowest BCUT2D eigenvalue weighted by atomic mass is 10.1. The molecule has 0 spiro atoms. The molecule has 2 heterocycles. The molecule has 146 valence electrons. The van der Waals surface area contributed by atoms with Gasteiger partial charge in [0.05, 0.1) is 15.8 Å². The van der Waals surface area contributed by atoms with Crippen LogP contribution < -0.4 is 4.90 Å². The number of rotatable bonds is 2. The molecule has 0 aliphatic carbocycles. The zero-order valence-electron chi connectivity index (χ0n) is 14.5. The highest BCUT2D eigenvalue weighted by atomic mass is 79.9. The SMILES string of the molecule is O=C(c1ccc(C(F)(F)F)cc1)N1CCN(c2nc3ccc(Br)cc3s2)CC1. The number of alkyl halides is 3. The number of anilines is 1. The van der Waals surface area contributed by atoms with Crippen molar-refractivity contribution < 1.29 is 18.0 Å². The summed E-state index contributed by atoms with van der Waals surface area (Å²) in [6.07, 6.45) is -4.40. The second kappa shape index (κ2) is 7.36. The minimum atomic E-state index is -4.40. The number of amides is 1. The summed E-state index contributed by atoms with van der Waals surface area (Å²) in [4.78, 5) is 21.0. The molecule has 4 nitrogen and oxygen atoms in total. The van der Waals surface area contributed by atoms with Crippen LogP contribution in [0.2, 0.25) is 0 Å². The van der Waals surface area contributed by atoms with Gasteiger partial charge in [-0.05, 0) is 42.5 Å². The van der Waals surface area contributed by atoms with E-state index in [0.29, 0.717) is 26.2 Å². The third-order valence-corrected chi connectivity index (χ3v) is 6.21. The van der Waals surface area contributed by atoms with Gasteiger partial charge in [0.25, 0.3) is 5.91 Å². The molecule has 1 fully saturated rings. The Balaban J connectivity index is 1.42. The standard InChI is InChI=1S/C19H15BrF3N3OS/c20-14-5-6-15-16(11-14)28-18(24-15)26-9-7-25(8-10-26)17(27)12-1-3-13(4-2-12)19(21,22)23/h1-6,11H,7-10H2. The molecule has 0 N–H and O–H groups in total. The molecule has 0 saturated carbocycles. The molecule has 1 aliphatic heterocycles. The monoisotopic (exact) mass is 469 g/mol. The van der Waals surface area contributed by atoms with E-state index >= 15 is 0 Å². The molecule has 0 bridgehead atoms. The third kappa shape index (κ3) is 3.86. The Labute approximate surface area is 171 Å². The average Bonchev–Trinajstić information content (AvgIpc) is 3.10. The Kier molecular flexibility index (Phi) is 5.05. The number of carbonyl (C=O) groups excluding carboxylic acids is 1. The maximum absolute atomic E-state index is 12.7. The average molecular weight is 470 g/mol. The molecule has 0 radical (unpaired) electrons. The van der Waals surface area contributed by atoms with Gasteiger partial charge < -0.3 is 9.80 Å². The molecule has 9 heteroatoms. The van der Waals surface area contributed by atoms with E-state index in [9.17, 15) is 18.0 Å². The van der Waals surface area contributed by atoms with Gasteiger partial charge in [0.2, 0.25) is 0 Å². The van der Waals surface area contributed by atoms with Gasteiger partial charge in [-0.1, -0.05) is 27.3 Å². The van der Waals surface area contributed by atoms with Gasteiger partial charge in [-0.15, -0.1) is 0 Å². The number of fused-ring (bicyclic) bond motifs is 1. The van der Waals surface area contributed by atoms with Gasteiger partial charge in [-0.2, -0.15) is 13.2 Å². The Hall–Kier alpha value is -2.13. The smallest absolute Gasteiger partial charge is 0.345 e. The number of hydrogen-bond acceptors (Lipinski definition) is 4. The Morgan fingerprint density at radius 1 is 1.04 bits per heavy atom. The first-order valence-electron chi connectivity index (χ1n) is 8.59. The summed E-state index contributed by atoms with van der Waals surface area (Å²) >= 11 is 5.06. The fourth-order valence-electron chi connectivity index (χ4n) is 3.11. The van der Waals surface area contributed by atoms with Crippen LogP contribution in [-0.4, -0.2) is 42.0 Å². The number of hydrogen-bond donors (Lipinski definition) is 0. The van der Waals surface area contributed by atoms with Crippen LogP contribution in [0.15, 0.2) is 46.9 Å². The van der Waals surface area contributed by atoms with Crippen molar-refractivity contribution in [2.75, 3.05) is 31.1 Å². The first-order valence-corrected chi connectivity index (χ1v) is 10.2. The number of thiazole rings is 1. The molecular weight excluding hydrogens is 455 g/mol. The quantitative estimate of drug-likeness (QED) is 0.527. The number of halogens is 4. The van der Waals surface area contributed by atoms with E-state index < -0.39 is 11.7 Å². The molecule has 1 saturated heterocycles. The normalized spacial score (nSPS) is 15.3. The number of carbonyl (C=O) groups is 1. The van der Waals surface area contributed by atoms with Crippen LogP contribution in [0.25, 0.3) is 10.2 Å². The van der Waals surface area contributed by atoms with Crippen LogP contribution in [0, 0.1) is 0 Å². The first-order chi connectivity index (χ1) is 13.3. The molecule has 4 rings (SSSR count). The van der Waals surface area contributed by atoms with Crippen molar-refractivity contribution in [3.05, 3.63) is 58.1 Å². The van der Waals surface area contributed by atoms with Crippen LogP contribution in [0.5, 0.6) is 0 Å². The highest BCUT2D eigenvalue weighted by molar-refractivity contribution is 9.10. The second-order valence-electron chi connectivity index (χ2n) is 6.46. The first kappa shape index (κ1) is 19.2. The summed E-state index contributed by atoms with van der Waals surface area (Å²) in [7, 11) is 0. The number of benzene rings is 2. The molecule has 2 aromatic carbocycles. The van der Waals surface area contributed by atoms with E-state index in [1.807, 2.05) is 18.2 Å². The van der Waals surface area contributed by atoms with Crippen LogP contribution >= 0.6 is 27.3 Å². The van der Waals surface area contributed by atoms with Gasteiger partial charge in [0, 0.05) is 36.2 Å². The third-order valence-electron chi connectivity index (χ3n) is 4.64. The van der Waals surface area contributed by atoms with Crippen LogP contribution in [0.3, 0.4) is 0 Å². The fraction of sp³-hybridized carbons (Fsp3) is 0.263. The molecule has 1 aliphatic rings. The number of aromatic nitrogens is 1. The summed E-state index contributed by atoms with van der Waals surface area (Å²) < 4.78 is 40.1. The van der Waals surface area contributed by atoms with Crippen molar-refractivity contribution in [2.45, 2.75) is 6.18 Å². The van der Waals surface area contributed by atoms with Gasteiger partial charge in [0.15, 0.2) is 5.13 Å². The Bertz CT molecular complexity index is 1010. The summed E-state index contributed by atoms with van der Waals surface area (Å²) in [5, 5.41) is 0.912. The van der Waals surface area contributed by atoms with Crippen LogP contribution in [-0.2, 0) is 6.18 Å². The van der Waals surface area contributed by atoms with E-state index in [2.05, 4.69) is 25.8 Å². The van der Waals surface area contributed by atoms with E-state index in [-0.39, 0.29) is 11.5 Å². The minimum absolute atomic E-state index is 0.249. The van der Waals surface area contributed by atoms with Gasteiger partial charge in [-0.3, -0.25) is 4.79 Å². The van der Waals surface area contributed by atoms with E-state index in [1.165, 1.54) is 12.1 Å². The fourth-order valence-corrected chi connectivity index (χ4v) is 4.68. The van der Waals surface area contributed by atoms with Gasteiger partial charge in [0.1, 0.15) is 0 Å². The van der Waals surface area contributed by atoms with Crippen molar-refractivity contribution in [3.63, 3.8) is 0 Å². The van der Waals surface area contributed by atoms with Crippen LogP contribution in [0.1, 0.15) is 15.9 Å². The zero-order chi connectivity index (χ0) is 19.9. The zero-order valence-corrected chi connectivity index (χ0v) is 16.9. The number of nitrogens with zero attached hydrogens (tertiary/aromatic N) is 3. The van der Waals surface area contributed by atoms with Gasteiger partial charge >= 0.3 is 6.18 Å². The molecule has 1 aromatic heterocycles. The van der Waals surface area contributed by atoms with Crippen molar-refractivity contribution in [3.8, 4) is 0 Å². The molecule has 0 atom stereocenters. The van der Waals surface area contributed by atoms with Gasteiger partial charge in [-0.25, -0.2) is 4.98 Å². The summed E-state index contributed by atoms with van der Waals surface area (Å²) in [6, 6.07) is 10.3. The highest BCUT2D eigenvalue weighted by Gasteiger charge is 2.31. The number of piperazine rings is 1. The maximum atomic E-state index is 12.7. The predicted molar refractivity (Wildman–Crippen MR) is 107 cm³/mol. The molecular formula is C19H15BrF3N3OS. The lowest BCUT2D eigenvalue weighted by Crippen LogP contribution is -2.48. The van der Waals surface area contributed by atoms with Crippen molar-refractivity contribution in [1.29, 1.82) is 0 Å². The largest absolute Gasteiger partial charge is 0.416 e. The summed E-state index contributed by atoms with van der Waals surface area (Å²) in [6.45, 7) is 2.26. The van der Waals surface area contributed by atoms with E-state index in [1.54, 1.807) is 16.2 Å². The van der Waals surface area contributed by atoms with E-state index in [0.717, 1.165) is 32.0 Å². The minimum Gasteiger partial charge on any atom is -0.345 e. The van der Waals surface area contributed by atoms with Crippen molar-refractivity contribution in [2.24, 2.45) is 0 Å². The van der Waals surface area contributed by atoms with Crippen LogP contribution in [0.4, 0.5) is 18.3 Å². The second-order valence-corrected chi connectivity index (χ2v) is 8.39. The Morgan fingerprint density at radius 3 is 2.36 bits per heavy atom. The summed E-state index contributed by atoms with van der Waals surface area (Å²) in [5.41, 5.74) is 0.453. The topological polar surface area (TPSA) is 36.4 Å². The summed E-state index contributed by atoms with van der Waals surface area (Å²) in [5.74, 6) is -0.249.